The van der Waals surface area contributed by atoms with E-state index in [1.165, 1.54) is 5.56 Å². The van der Waals surface area contributed by atoms with Crippen molar-refractivity contribution >= 4 is 10.9 Å². The smallest absolute Gasteiger partial charge is 0.253 e. The lowest BCUT2D eigenvalue weighted by atomic mass is 9.99. The quantitative estimate of drug-likeness (QED) is 0.349. The van der Waals surface area contributed by atoms with E-state index in [2.05, 4.69) is 85.8 Å². The van der Waals surface area contributed by atoms with Crippen LogP contribution in [0.15, 0.2) is 83.7 Å². The zero-order valence-electron chi connectivity index (χ0n) is 22.4. The second-order valence-corrected chi connectivity index (χ2v) is 10.5. The molecule has 0 radical (unpaired) electrons. The number of pyridine rings is 1. The molecule has 1 fully saturated rings. The maximum atomic E-state index is 13.6. The fourth-order valence-electron chi connectivity index (χ4n) is 5.69. The Balaban J connectivity index is 1.37. The van der Waals surface area contributed by atoms with E-state index in [0.717, 1.165) is 60.3 Å². The first kappa shape index (κ1) is 25.2. The maximum Gasteiger partial charge on any atom is 0.253 e. The van der Waals surface area contributed by atoms with Gasteiger partial charge in [-0.2, -0.15) is 0 Å². The lowest BCUT2D eigenvalue weighted by Crippen LogP contribution is -2.48. The van der Waals surface area contributed by atoms with E-state index >= 15 is 0 Å². The minimum absolute atomic E-state index is 0.0986. The van der Waals surface area contributed by atoms with Crippen LogP contribution in [0.1, 0.15) is 39.7 Å². The van der Waals surface area contributed by atoms with Gasteiger partial charge in [-0.1, -0.05) is 66.7 Å². The third kappa shape index (κ3) is 5.39. The molecule has 0 unspecified atom stereocenters. The van der Waals surface area contributed by atoms with E-state index in [9.17, 15) is 4.79 Å². The predicted molar refractivity (Wildman–Crippen MR) is 153 cm³/mol. The summed E-state index contributed by atoms with van der Waals surface area (Å²) in [5.74, 6) is 0.685. The standard InChI is InChI=1S/C31H33N7O/c1-22-17-23(2)26-19-27(31(39)32-28(26)18-22)29(30-33-34-35-38(30)21-25-11-7-4-8-12-25)37-15-13-36(14-16-37)20-24-9-5-3-6-10-24/h3-12,17-19,29H,13-16,20-21H2,1-2H3,(H,32,39)/t29-/m0/s1. The SMILES string of the molecule is Cc1cc(C)c2cc([C@@H](c3nnnn3Cc3ccccc3)N3CCN(Cc4ccccc4)CC3)c(=O)[nH]c2c1. The Hall–Kier alpha value is -4.14. The molecule has 1 N–H and O–H groups in total. The molecule has 0 bridgehead atoms. The highest BCUT2D eigenvalue weighted by molar-refractivity contribution is 5.83. The Kier molecular flexibility index (Phi) is 7.04. The second kappa shape index (κ2) is 10.9. The average molecular weight is 520 g/mol. The maximum absolute atomic E-state index is 13.6. The summed E-state index contributed by atoms with van der Waals surface area (Å²) in [6.45, 7) is 9.00. The highest BCUT2D eigenvalue weighted by Crippen LogP contribution is 2.29. The first-order valence-electron chi connectivity index (χ1n) is 13.5. The van der Waals surface area contributed by atoms with Gasteiger partial charge in [0.1, 0.15) is 6.04 Å². The van der Waals surface area contributed by atoms with Crippen molar-refractivity contribution in [3.05, 3.63) is 123 Å². The molecule has 1 aliphatic rings. The summed E-state index contributed by atoms with van der Waals surface area (Å²) < 4.78 is 1.84. The van der Waals surface area contributed by atoms with Crippen LogP contribution in [0.3, 0.4) is 0 Å². The normalized spacial score (nSPS) is 15.5. The van der Waals surface area contributed by atoms with Crippen molar-refractivity contribution in [2.24, 2.45) is 0 Å². The van der Waals surface area contributed by atoms with Gasteiger partial charge < -0.3 is 4.98 Å². The van der Waals surface area contributed by atoms with E-state index in [-0.39, 0.29) is 11.6 Å². The number of piperazine rings is 1. The Labute approximate surface area is 227 Å². The highest BCUT2D eigenvalue weighted by atomic mass is 16.1. The lowest BCUT2D eigenvalue weighted by Gasteiger charge is -2.38. The van der Waals surface area contributed by atoms with E-state index in [0.29, 0.717) is 17.9 Å². The van der Waals surface area contributed by atoms with E-state index in [1.807, 2.05) is 41.9 Å². The molecule has 1 aliphatic heterocycles. The summed E-state index contributed by atoms with van der Waals surface area (Å²) in [6.07, 6.45) is 0. The Morgan fingerprint density at radius 1 is 0.846 bits per heavy atom. The predicted octanol–water partition coefficient (Wildman–Crippen LogP) is 4.09. The van der Waals surface area contributed by atoms with Crippen LogP contribution in [0.2, 0.25) is 0 Å². The Morgan fingerprint density at radius 2 is 1.51 bits per heavy atom. The van der Waals surface area contributed by atoms with Gasteiger partial charge in [-0.3, -0.25) is 14.6 Å². The number of aryl methyl sites for hydroxylation is 2. The van der Waals surface area contributed by atoms with Gasteiger partial charge in [0.2, 0.25) is 0 Å². The van der Waals surface area contributed by atoms with Gasteiger partial charge in [-0.05, 0) is 58.7 Å². The molecule has 3 heterocycles. The molecule has 1 saturated heterocycles. The summed E-state index contributed by atoms with van der Waals surface area (Å²) in [7, 11) is 0. The fourth-order valence-corrected chi connectivity index (χ4v) is 5.69. The minimum Gasteiger partial charge on any atom is -0.322 e. The van der Waals surface area contributed by atoms with E-state index in [1.54, 1.807) is 0 Å². The summed E-state index contributed by atoms with van der Waals surface area (Å²) >= 11 is 0. The van der Waals surface area contributed by atoms with Crippen LogP contribution in [-0.2, 0) is 13.1 Å². The minimum atomic E-state index is -0.364. The van der Waals surface area contributed by atoms with E-state index in [4.69, 9.17) is 0 Å². The summed E-state index contributed by atoms with van der Waals surface area (Å²) in [4.78, 5) is 21.6. The number of aromatic nitrogens is 5. The molecule has 198 valence electrons. The number of aromatic amines is 1. The van der Waals surface area contributed by atoms with Crippen LogP contribution in [0.4, 0.5) is 0 Å². The molecule has 0 spiro atoms. The molecule has 1 atom stereocenters. The van der Waals surface area contributed by atoms with Crippen molar-refractivity contribution in [2.45, 2.75) is 33.0 Å². The first-order valence-corrected chi connectivity index (χ1v) is 13.5. The zero-order chi connectivity index (χ0) is 26.8. The zero-order valence-corrected chi connectivity index (χ0v) is 22.4. The van der Waals surface area contributed by atoms with Gasteiger partial charge in [0, 0.05) is 49.2 Å². The summed E-state index contributed by atoms with van der Waals surface area (Å²) in [5.41, 5.74) is 6.12. The number of benzene rings is 3. The molecule has 39 heavy (non-hydrogen) atoms. The van der Waals surface area contributed by atoms with Gasteiger partial charge in [0.15, 0.2) is 5.82 Å². The van der Waals surface area contributed by atoms with Crippen LogP contribution in [0, 0.1) is 13.8 Å². The summed E-state index contributed by atoms with van der Waals surface area (Å²) in [6, 6.07) is 26.6. The van der Waals surface area contributed by atoms with E-state index < -0.39 is 0 Å². The molecule has 0 amide bonds. The number of hydrogen-bond acceptors (Lipinski definition) is 6. The number of H-pyrrole nitrogens is 1. The number of tetrazole rings is 1. The third-order valence-corrected chi connectivity index (χ3v) is 7.64. The topological polar surface area (TPSA) is 82.9 Å². The Morgan fingerprint density at radius 3 is 2.21 bits per heavy atom. The first-order chi connectivity index (χ1) is 19.0. The molecule has 0 aliphatic carbocycles. The van der Waals surface area contributed by atoms with Crippen LogP contribution >= 0.6 is 0 Å². The summed E-state index contributed by atoms with van der Waals surface area (Å²) in [5, 5.41) is 14.0. The van der Waals surface area contributed by atoms with Gasteiger partial charge >= 0.3 is 0 Å². The molecule has 8 heteroatoms. The number of nitrogens with one attached hydrogen (secondary N) is 1. The lowest BCUT2D eigenvalue weighted by molar-refractivity contribution is 0.0998. The number of rotatable bonds is 7. The van der Waals surface area contributed by atoms with Gasteiger partial charge in [0.05, 0.1) is 6.54 Å². The van der Waals surface area contributed by atoms with Crippen molar-refractivity contribution in [1.29, 1.82) is 0 Å². The van der Waals surface area contributed by atoms with Crippen LogP contribution in [0.25, 0.3) is 10.9 Å². The number of fused-ring (bicyclic) bond motifs is 1. The van der Waals surface area contributed by atoms with Gasteiger partial charge in [-0.15, -0.1) is 5.10 Å². The monoisotopic (exact) mass is 519 g/mol. The fraction of sp³-hybridized carbons (Fsp3) is 0.290. The second-order valence-electron chi connectivity index (χ2n) is 10.5. The molecule has 0 saturated carbocycles. The van der Waals surface area contributed by atoms with Crippen molar-refractivity contribution in [3.8, 4) is 0 Å². The van der Waals surface area contributed by atoms with Crippen molar-refractivity contribution < 1.29 is 0 Å². The molecule has 5 aromatic rings. The molecule has 6 rings (SSSR count). The molecule has 8 nitrogen and oxygen atoms in total. The van der Waals surface area contributed by atoms with Crippen LogP contribution < -0.4 is 5.56 Å². The molecular formula is C31H33N7O. The van der Waals surface area contributed by atoms with Gasteiger partial charge in [-0.25, -0.2) is 4.68 Å². The van der Waals surface area contributed by atoms with Crippen molar-refractivity contribution in [3.63, 3.8) is 0 Å². The molecule has 2 aromatic heterocycles. The Bertz CT molecular complexity index is 1620. The van der Waals surface area contributed by atoms with Crippen LogP contribution in [0.5, 0.6) is 0 Å². The van der Waals surface area contributed by atoms with Crippen LogP contribution in [-0.4, -0.2) is 61.2 Å². The van der Waals surface area contributed by atoms with Gasteiger partial charge in [0.25, 0.3) is 5.56 Å². The number of hydrogen-bond donors (Lipinski definition) is 1. The molecule has 3 aromatic carbocycles. The van der Waals surface area contributed by atoms with Crippen molar-refractivity contribution in [1.82, 2.24) is 35.0 Å². The highest BCUT2D eigenvalue weighted by Gasteiger charge is 2.33. The largest absolute Gasteiger partial charge is 0.322 e. The number of nitrogens with zero attached hydrogens (tertiary/aromatic N) is 6. The van der Waals surface area contributed by atoms with Crippen molar-refractivity contribution in [2.75, 3.05) is 26.2 Å². The average Bonchev–Trinajstić information content (AvgIpc) is 3.39. The molecular weight excluding hydrogens is 486 g/mol. The third-order valence-electron chi connectivity index (χ3n) is 7.64.